The fourth-order valence-electron chi connectivity index (χ4n) is 3.33. The zero-order chi connectivity index (χ0) is 22.5. The lowest BCUT2D eigenvalue weighted by Crippen LogP contribution is -2.27. The Kier molecular flexibility index (Phi) is 6.93. The number of carbonyl (C=O) groups is 1. The van der Waals surface area contributed by atoms with Gasteiger partial charge in [-0.25, -0.2) is 0 Å². The molecule has 3 aromatic carbocycles. The second kappa shape index (κ2) is 10.0. The van der Waals surface area contributed by atoms with Crippen molar-refractivity contribution in [1.29, 1.82) is 0 Å². The number of aryl methyl sites for hydroxylation is 1. The Morgan fingerprint density at radius 3 is 2.38 bits per heavy atom. The number of ether oxygens (including phenoxy) is 2. The number of thiocarbonyl (C=S) groups is 1. The van der Waals surface area contributed by atoms with Crippen molar-refractivity contribution in [3.63, 3.8) is 0 Å². The Labute approximate surface area is 197 Å². The molecule has 0 unspecified atom stereocenters. The number of rotatable bonds is 7. The molecule has 4 nitrogen and oxygen atoms in total. The van der Waals surface area contributed by atoms with Crippen molar-refractivity contribution in [2.45, 2.75) is 20.1 Å². The van der Waals surface area contributed by atoms with Gasteiger partial charge in [-0.1, -0.05) is 78.1 Å². The summed E-state index contributed by atoms with van der Waals surface area (Å²) in [6.07, 6.45) is 1.87. The number of hydrogen-bond donors (Lipinski definition) is 0. The van der Waals surface area contributed by atoms with E-state index in [2.05, 4.69) is 25.1 Å². The summed E-state index contributed by atoms with van der Waals surface area (Å²) in [5, 5.41) is 0. The zero-order valence-corrected chi connectivity index (χ0v) is 19.5. The maximum atomic E-state index is 12.9. The van der Waals surface area contributed by atoms with Crippen LogP contribution < -0.4 is 9.47 Å². The molecule has 0 aromatic heterocycles. The van der Waals surface area contributed by atoms with Gasteiger partial charge in [0, 0.05) is 0 Å². The third-order valence-electron chi connectivity index (χ3n) is 5.04. The average Bonchev–Trinajstić information content (AvgIpc) is 3.06. The maximum Gasteiger partial charge on any atom is 0.266 e. The first-order chi connectivity index (χ1) is 15.5. The maximum absolute atomic E-state index is 12.9. The topological polar surface area (TPSA) is 38.8 Å². The smallest absolute Gasteiger partial charge is 0.266 e. The van der Waals surface area contributed by atoms with Gasteiger partial charge in [0.1, 0.15) is 22.4 Å². The number of methoxy groups -OCH3 is 1. The Morgan fingerprint density at radius 2 is 1.69 bits per heavy atom. The van der Waals surface area contributed by atoms with Crippen LogP contribution in [0.1, 0.15) is 22.3 Å². The summed E-state index contributed by atoms with van der Waals surface area (Å²) in [5.74, 6) is 1.50. The van der Waals surface area contributed by atoms with E-state index in [1.807, 2.05) is 60.7 Å². The highest BCUT2D eigenvalue weighted by atomic mass is 32.2. The molecule has 1 amide bonds. The first-order valence-corrected chi connectivity index (χ1v) is 11.4. The third kappa shape index (κ3) is 5.39. The summed E-state index contributed by atoms with van der Waals surface area (Å²) in [7, 11) is 1.63. The monoisotopic (exact) mass is 461 g/mol. The van der Waals surface area contributed by atoms with E-state index >= 15 is 0 Å². The summed E-state index contributed by atoms with van der Waals surface area (Å²) >= 11 is 6.78. The quantitative estimate of drug-likeness (QED) is 0.319. The van der Waals surface area contributed by atoms with Gasteiger partial charge in [0.15, 0.2) is 0 Å². The van der Waals surface area contributed by atoms with Crippen LogP contribution in [0.3, 0.4) is 0 Å². The van der Waals surface area contributed by atoms with Crippen molar-refractivity contribution < 1.29 is 14.3 Å². The predicted octanol–water partition coefficient (Wildman–Crippen LogP) is 5.98. The van der Waals surface area contributed by atoms with E-state index in [1.54, 1.807) is 12.0 Å². The molecule has 0 N–H and O–H groups in total. The highest BCUT2D eigenvalue weighted by Gasteiger charge is 2.31. The minimum atomic E-state index is -0.0735. The summed E-state index contributed by atoms with van der Waals surface area (Å²) < 4.78 is 11.6. The molecule has 162 valence electrons. The molecule has 32 heavy (non-hydrogen) atoms. The van der Waals surface area contributed by atoms with E-state index in [0.717, 1.165) is 28.2 Å². The first kappa shape index (κ1) is 22.1. The molecule has 1 heterocycles. The number of benzene rings is 3. The standard InChI is InChI=1S/C26H23NO3S2/c1-18-4-3-5-21(14-18)17-30-23-12-6-19(7-13-23)15-24-25(28)27(26(31)32-24)16-20-8-10-22(29-2)11-9-20/h3-15H,16-17H2,1-2H3/b24-15-. The van der Waals surface area contributed by atoms with Crippen molar-refractivity contribution in [2.24, 2.45) is 0 Å². The molecular formula is C26H23NO3S2. The van der Waals surface area contributed by atoms with E-state index < -0.39 is 0 Å². The van der Waals surface area contributed by atoms with Crippen molar-refractivity contribution in [2.75, 3.05) is 7.11 Å². The largest absolute Gasteiger partial charge is 0.497 e. The average molecular weight is 462 g/mol. The van der Waals surface area contributed by atoms with Crippen molar-refractivity contribution in [3.8, 4) is 11.5 Å². The van der Waals surface area contributed by atoms with Gasteiger partial charge in [-0.3, -0.25) is 9.69 Å². The molecule has 0 spiro atoms. The van der Waals surface area contributed by atoms with Gasteiger partial charge in [0.2, 0.25) is 0 Å². The van der Waals surface area contributed by atoms with Gasteiger partial charge in [-0.2, -0.15) is 0 Å². The molecule has 6 heteroatoms. The van der Waals surface area contributed by atoms with Crippen LogP contribution in [-0.2, 0) is 17.9 Å². The van der Waals surface area contributed by atoms with Gasteiger partial charge in [0.05, 0.1) is 18.6 Å². The first-order valence-electron chi connectivity index (χ1n) is 10.2. The molecule has 0 saturated carbocycles. The molecular weight excluding hydrogens is 438 g/mol. The Hall–Kier alpha value is -3.09. The van der Waals surface area contributed by atoms with Gasteiger partial charge >= 0.3 is 0 Å². The van der Waals surface area contributed by atoms with E-state index in [9.17, 15) is 4.79 Å². The van der Waals surface area contributed by atoms with Crippen LogP contribution in [0.15, 0.2) is 77.7 Å². The van der Waals surface area contributed by atoms with E-state index in [1.165, 1.54) is 17.3 Å². The van der Waals surface area contributed by atoms with E-state index in [-0.39, 0.29) is 5.91 Å². The highest BCUT2D eigenvalue weighted by molar-refractivity contribution is 8.26. The third-order valence-corrected chi connectivity index (χ3v) is 6.42. The molecule has 0 aliphatic carbocycles. The minimum Gasteiger partial charge on any atom is -0.497 e. The molecule has 4 rings (SSSR count). The number of amides is 1. The van der Waals surface area contributed by atoms with Gasteiger partial charge in [-0.15, -0.1) is 0 Å². The molecule has 0 bridgehead atoms. The molecule has 1 aliphatic heterocycles. The Bertz CT molecular complexity index is 1150. The van der Waals surface area contributed by atoms with E-state index in [0.29, 0.717) is 22.4 Å². The second-order valence-corrected chi connectivity index (χ2v) is 9.14. The van der Waals surface area contributed by atoms with Crippen molar-refractivity contribution in [3.05, 3.63) is 100.0 Å². The van der Waals surface area contributed by atoms with Crippen LogP contribution in [0.5, 0.6) is 11.5 Å². The molecule has 3 aromatic rings. The molecule has 1 saturated heterocycles. The fourth-order valence-corrected chi connectivity index (χ4v) is 4.59. The molecule has 1 aliphatic rings. The van der Waals surface area contributed by atoms with Crippen molar-refractivity contribution >= 4 is 40.3 Å². The van der Waals surface area contributed by atoms with Crippen LogP contribution in [-0.4, -0.2) is 22.2 Å². The van der Waals surface area contributed by atoms with Crippen LogP contribution in [0, 0.1) is 6.92 Å². The number of hydrogen-bond acceptors (Lipinski definition) is 5. The van der Waals surface area contributed by atoms with Gasteiger partial charge < -0.3 is 9.47 Å². The van der Waals surface area contributed by atoms with E-state index in [4.69, 9.17) is 21.7 Å². The number of carbonyl (C=O) groups excluding carboxylic acids is 1. The fraction of sp³-hybridized carbons (Fsp3) is 0.154. The van der Waals surface area contributed by atoms with Crippen LogP contribution >= 0.6 is 24.0 Å². The summed E-state index contributed by atoms with van der Waals surface area (Å²) in [5.41, 5.74) is 4.27. The Morgan fingerprint density at radius 1 is 0.969 bits per heavy atom. The number of nitrogens with zero attached hydrogens (tertiary/aromatic N) is 1. The molecule has 0 radical (unpaired) electrons. The molecule has 0 atom stereocenters. The molecule has 1 fully saturated rings. The minimum absolute atomic E-state index is 0.0735. The lowest BCUT2D eigenvalue weighted by atomic mass is 10.1. The lowest BCUT2D eigenvalue weighted by Gasteiger charge is -2.14. The van der Waals surface area contributed by atoms with Gasteiger partial charge in [-0.05, 0) is 54.0 Å². The van der Waals surface area contributed by atoms with Crippen LogP contribution in [0.25, 0.3) is 6.08 Å². The normalized spacial score (nSPS) is 14.8. The van der Waals surface area contributed by atoms with Crippen LogP contribution in [0.4, 0.5) is 0 Å². The highest BCUT2D eigenvalue weighted by Crippen LogP contribution is 2.34. The van der Waals surface area contributed by atoms with Crippen molar-refractivity contribution in [1.82, 2.24) is 4.90 Å². The summed E-state index contributed by atoms with van der Waals surface area (Å²) in [6, 6.07) is 23.6. The predicted molar refractivity (Wildman–Crippen MR) is 134 cm³/mol. The zero-order valence-electron chi connectivity index (χ0n) is 17.9. The number of thioether (sulfide) groups is 1. The SMILES string of the molecule is COc1ccc(CN2C(=O)/C(=C/c3ccc(OCc4cccc(C)c4)cc3)SC2=S)cc1. The van der Waals surface area contributed by atoms with Crippen LogP contribution in [0.2, 0.25) is 0 Å². The van der Waals surface area contributed by atoms with Gasteiger partial charge in [0.25, 0.3) is 5.91 Å². The Balaban J connectivity index is 1.39. The second-order valence-electron chi connectivity index (χ2n) is 7.46. The summed E-state index contributed by atoms with van der Waals surface area (Å²) in [6.45, 7) is 3.03. The lowest BCUT2D eigenvalue weighted by molar-refractivity contribution is -0.122. The summed E-state index contributed by atoms with van der Waals surface area (Å²) in [4.78, 5) is 15.2.